The van der Waals surface area contributed by atoms with Crippen molar-refractivity contribution in [2.45, 2.75) is 25.8 Å². The lowest BCUT2D eigenvalue weighted by atomic mass is 9.92. The molecular weight excluding hydrogens is 278 g/mol. The van der Waals surface area contributed by atoms with Crippen LogP contribution < -0.4 is 5.73 Å². The van der Waals surface area contributed by atoms with Crippen LogP contribution in [0.3, 0.4) is 0 Å². The van der Waals surface area contributed by atoms with Gasteiger partial charge in [-0.1, -0.05) is 24.3 Å². The molecule has 0 spiro atoms. The van der Waals surface area contributed by atoms with Crippen molar-refractivity contribution in [1.82, 2.24) is 9.88 Å². The van der Waals surface area contributed by atoms with Crippen molar-refractivity contribution in [2.75, 3.05) is 6.54 Å². The number of pyridine rings is 1. The highest BCUT2D eigenvalue weighted by Gasteiger charge is 2.32. The first-order valence-corrected chi connectivity index (χ1v) is 7.52. The van der Waals surface area contributed by atoms with Gasteiger partial charge in [0.1, 0.15) is 5.69 Å². The molecule has 0 saturated carbocycles. The first kappa shape index (κ1) is 14.5. The number of fused-ring (bicyclic) bond motifs is 1. The van der Waals surface area contributed by atoms with E-state index in [1.54, 1.807) is 11.0 Å². The highest BCUT2D eigenvalue weighted by molar-refractivity contribution is 5.95. The zero-order chi connectivity index (χ0) is 15.7. The van der Waals surface area contributed by atoms with E-state index >= 15 is 0 Å². The van der Waals surface area contributed by atoms with Crippen molar-refractivity contribution in [3.05, 3.63) is 42.1 Å². The van der Waals surface area contributed by atoms with Gasteiger partial charge in [0, 0.05) is 18.0 Å². The Morgan fingerprint density at radius 3 is 2.73 bits per heavy atom. The summed E-state index contributed by atoms with van der Waals surface area (Å²) in [6, 6.07) is 11.4. The smallest absolute Gasteiger partial charge is 0.272 e. The molecule has 5 nitrogen and oxygen atoms in total. The van der Waals surface area contributed by atoms with Crippen LogP contribution >= 0.6 is 0 Å². The average Bonchev–Trinajstić information content (AvgIpc) is 2.54. The predicted molar refractivity (Wildman–Crippen MR) is 84.2 cm³/mol. The fourth-order valence-electron chi connectivity index (χ4n) is 2.95. The summed E-state index contributed by atoms with van der Waals surface area (Å²) in [7, 11) is 0. The lowest BCUT2D eigenvalue weighted by Crippen LogP contribution is -2.48. The number of primary amides is 1. The quantitative estimate of drug-likeness (QED) is 0.920. The molecule has 22 heavy (non-hydrogen) atoms. The van der Waals surface area contributed by atoms with E-state index in [0.717, 1.165) is 23.7 Å². The molecule has 1 aliphatic heterocycles. The number of hydrogen-bond donors (Lipinski definition) is 1. The van der Waals surface area contributed by atoms with Gasteiger partial charge in [-0.15, -0.1) is 0 Å². The van der Waals surface area contributed by atoms with E-state index in [1.807, 2.05) is 37.3 Å². The Bertz CT molecular complexity index is 729. The number of aromatic nitrogens is 1. The van der Waals surface area contributed by atoms with Crippen molar-refractivity contribution >= 4 is 22.7 Å². The number of carbonyl (C=O) groups is 2. The van der Waals surface area contributed by atoms with Gasteiger partial charge in [-0.05, 0) is 31.9 Å². The summed E-state index contributed by atoms with van der Waals surface area (Å²) in [5.41, 5.74) is 6.60. The van der Waals surface area contributed by atoms with Crippen molar-refractivity contribution in [1.29, 1.82) is 0 Å². The SMILES string of the molecule is C[C@H]1CC[C@H](C(N)=O)CN1C(=O)c1ccc2ccccc2n1. The Morgan fingerprint density at radius 2 is 1.95 bits per heavy atom. The molecule has 5 heteroatoms. The number of para-hydroxylation sites is 1. The topological polar surface area (TPSA) is 76.3 Å². The van der Waals surface area contributed by atoms with Gasteiger partial charge >= 0.3 is 0 Å². The van der Waals surface area contributed by atoms with Crippen molar-refractivity contribution < 1.29 is 9.59 Å². The first-order valence-electron chi connectivity index (χ1n) is 7.52. The summed E-state index contributed by atoms with van der Waals surface area (Å²) in [5.74, 6) is -0.735. The normalized spacial score (nSPS) is 21.8. The number of carbonyl (C=O) groups excluding carboxylic acids is 2. The number of likely N-dealkylation sites (tertiary alicyclic amines) is 1. The van der Waals surface area contributed by atoms with Gasteiger partial charge in [-0.3, -0.25) is 9.59 Å². The number of amides is 2. The number of nitrogens with zero attached hydrogens (tertiary/aromatic N) is 2. The van der Waals surface area contributed by atoms with Crippen LogP contribution in [-0.2, 0) is 4.79 Å². The summed E-state index contributed by atoms with van der Waals surface area (Å²) in [4.78, 5) is 30.3. The molecule has 1 fully saturated rings. The molecule has 2 N–H and O–H groups in total. The zero-order valence-corrected chi connectivity index (χ0v) is 12.5. The van der Waals surface area contributed by atoms with Gasteiger partial charge < -0.3 is 10.6 Å². The monoisotopic (exact) mass is 297 g/mol. The maximum absolute atomic E-state index is 12.7. The summed E-state index contributed by atoms with van der Waals surface area (Å²) in [6.45, 7) is 2.38. The van der Waals surface area contributed by atoms with Crippen molar-refractivity contribution in [2.24, 2.45) is 11.7 Å². The van der Waals surface area contributed by atoms with Gasteiger partial charge in [0.15, 0.2) is 0 Å². The van der Waals surface area contributed by atoms with E-state index < -0.39 is 0 Å². The molecule has 2 aromatic rings. The summed E-state index contributed by atoms with van der Waals surface area (Å²) >= 11 is 0. The standard InChI is InChI=1S/C17H19N3O2/c1-11-6-7-13(16(18)21)10-20(11)17(22)15-9-8-12-4-2-3-5-14(12)19-15/h2-5,8-9,11,13H,6-7,10H2,1H3,(H2,18,21)/t11-,13-/m0/s1. The molecule has 1 aromatic carbocycles. The summed E-state index contributed by atoms with van der Waals surface area (Å²) < 4.78 is 0. The van der Waals surface area contributed by atoms with E-state index in [2.05, 4.69) is 4.98 Å². The molecule has 2 atom stereocenters. The molecule has 2 heterocycles. The third-order valence-corrected chi connectivity index (χ3v) is 4.36. The minimum atomic E-state index is -0.337. The molecule has 3 rings (SSSR count). The molecule has 1 aliphatic rings. The zero-order valence-electron chi connectivity index (χ0n) is 12.5. The van der Waals surface area contributed by atoms with Crippen molar-refractivity contribution in [3.63, 3.8) is 0 Å². The second-order valence-electron chi connectivity index (χ2n) is 5.87. The number of piperidine rings is 1. The molecule has 1 aromatic heterocycles. The van der Waals surface area contributed by atoms with Crippen LogP contribution in [0.2, 0.25) is 0 Å². The third-order valence-electron chi connectivity index (χ3n) is 4.36. The predicted octanol–water partition coefficient (Wildman–Crippen LogP) is 1.96. The molecule has 0 radical (unpaired) electrons. The minimum Gasteiger partial charge on any atom is -0.369 e. The first-order chi connectivity index (χ1) is 10.6. The molecule has 0 aliphatic carbocycles. The highest BCUT2D eigenvalue weighted by Crippen LogP contribution is 2.23. The van der Waals surface area contributed by atoms with Crippen LogP contribution in [0.1, 0.15) is 30.3 Å². The maximum Gasteiger partial charge on any atom is 0.272 e. The lowest BCUT2D eigenvalue weighted by molar-refractivity contribution is -0.123. The second-order valence-corrected chi connectivity index (χ2v) is 5.87. The number of rotatable bonds is 2. The fourth-order valence-corrected chi connectivity index (χ4v) is 2.95. The third kappa shape index (κ3) is 2.66. The van der Waals surface area contributed by atoms with Crippen LogP contribution in [0, 0.1) is 5.92 Å². The van der Waals surface area contributed by atoms with Gasteiger partial charge in [-0.25, -0.2) is 4.98 Å². The molecular formula is C17H19N3O2. The van der Waals surface area contributed by atoms with Gasteiger partial charge in [-0.2, -0.15) is 0 Å². The molecule has 2 amide bonds. The largest absolute Gasteiger partial charge is 0.369 e. The van der Waals surface area contributed by atoms with Crippen LogP contribution in [-0.4, -0.2) is 34.3 Å². The van der Waals surface area contributed by atoms with E-state index in [0.29, 0.717) is 12.2 Å². The Hall–Kier alpha value is -2.43. The van der Waals surface area contributed by atoms with Crippen molar-refractivity contribution in [3.8, 4) is 0 Å². The van der Waals surface area contributed by atoms with E-state index in [1.165, 1.54) is 0 Å². The van der Waals surface area contributed by atoms with E-state index in [4.69, 9.17) is 5.73 Å². The van der Waals surface area contributed by atoms with E-state index in [-0.39, 0.29) is 23.8 Å². The summed E-state index contributed by atoms with van der Waals surface area (Å²) in [6.07, 6.45) is 1.53. The van der Waals surface area contributed by atoms with Gasteiger partial charge in [0.2, 0.25) is 5.91 Å². The molecule has 0 bridgehead atoms. The Kier molecular flexibility index (Phi) is 3.79. The minimum absolute atomic E-state index is 0.0939. The molecule has 1 saturated heterocycles. The Balaban J connectivity index is 1.88. The van der Waals surface area contributed by atoms with Crippen LogP contribution in [0.15, 0.2) is 36.4 Å². The Labute approximate surface area is 129 Å². The Morgan fingerprint density at radius 1 is 1.18 bits per heavy atom. The number of hydrogen-bond acceptors (Lipinski definition) is 3. The van der Waals surface area contributed by atoms with Crippen LogP contribution in [0.25, 0.3) is 10.9 Å². The second kappa shape index (κ2) is 5.75. The van der Waals surface area contributed by atoms with Gasteiger partial charge in [0.05, 0.1) is 11.4 Å². The van der Waals surface area contributed by atoms with Crippen LogP contribution in [0.4, 0.5) is 0 Å². The highest BCUT2D eigenvalue weighted by atomic mass is 16.2. The van der Waals surface area contributed by atoms with Gasteiger partial charge in [0.25, 0.3) is 5.91 Å². The fraction of sp³-hybridized carbons (Fsp3) is 0.353. The summed E-state index contributed by atoms with van der Waals surface area (Å²) in [5, 5.41) is 1.00. The average molecular weight is 297 g/mol. The number of nitrogens with two attached hydrogens (primary N) is 1. The lowest BCUT2D eigenvalue weighted by Gasteiger charge is -2.36. The molecule has 0 unspecified atom stereocenters. The van der Waals surface area contributed by atoms with Crippen LogP contribution in [0.5, 0.6) is 0 Å². The maximum atomic E-state index is 12.7. The number of benzene rings is 1. The molecule has 114 valence electrons. The van der Waals surface area contributed by atoms with E-state index in [9.17, 15) is 9.59 Å².